The summed E-state index contributed by atoms with van der Waals surface area (Å²) in [4.78, 5) is 24.7. The molecule has 128 valence electrons. The number of nitrogens with zero attached hydrogens (tertiary/aromatic N) is 3. The first kappa shape index (κ1) is 17.4. The van der Waals surface area contributed by atoms with Gasteiger partial charge in [0.05, 0.1) is 24.8 Å². The van der Waals surface area contributed by atoms with E-state index < -0.39 is 0 Å². The van der Waals surface area contributed by atoms with E-state index in [9.17, 15) is 9.59 Å². The van der Waals surface area contributed by atoms with Gasteiger partial charge in [-0.1, -0.05) is 30.3 Å². The molecule has 0 saturated carbocycles. The summed E-state index contributed by atoms with van der Waals surface area (Å²) in [5, 5.41) is 4.33. The Morgan fingerprint density at radius 3 is 2.64 bits per heavy atom. The number of hydrogen-bond acceptors (Lipinski definition) is 3. The van der Waals surface area contributed by atoms with Crippen LogP contribution in [0.3, 0.4) is 0 Å². The van der Waals surface area contributed by atoms with Gasteiger partial charge >= 0.3 is 0 Å². The summed E-state index contributed by atoms with van der Waals surface area (Å²) in [6.07, 6.45) is 3.23. The van der Waals surface area contributed by atoms with Crippen LogP contribution < -0.4 is 5.56 Å². The summed E-state index contributed by atoms with van der Waals surface area (Å²) in [7, 11) is 0. The Morgan fingerprint density at radius 2 is 1.92 bits per heavy atom. The third kappa shape index (κ3) is 3.79. The number of rotatable bonds is 5. The van der Waals surface area contributed by atoms with Gasteiger partial charge in [-0.05, 0) is 40.9 Å². The maximum absolute atomic E-state index is 12.6. The zero-order valence-corrected chi connectivity index (χ0v) is 15.7. The van der Waals surface area contributed by atoms with Gasteiger partial charge in [0.1, 0.15) is 0 Å². The van der Waals surface area contributed by atoms with Crippen LogP contribution >= 0.6 is 15.9 Å². The number of aromatic nitrogens is 3. The van der Waals surface area contributed by atoms with Crippen LogP contribution in [0.4, 0.5) is 0 Å². The quantitative estimate of drug-likeness (QED) is 0.618. The first-order valence-electron chi connectivity index (χ1n) is 7.92. The Morgan fingerprint density at radius 1 is 1.20 bits per heavy atom. The Balaban J connectivity index is 1.82. The lowest BCUT2D eigenvalue weighted by Gasteiger charge is -2.08. The van der Waals surface area contributed by atoms with Crippen LogP contribution in [0.15, 0.2) is 58.1 Å². The van der Waals surface area contributed by atoms with Gasteiger partial charge in [0.2, 0.25) is 0 Å². The van der Waals surface area contributed by atoms with Gasteiger partial charge in [-0.15, -0.1) is 0 Å². The molecular weight excluding hydrogens is 382 g/mol. The van der Waals surface area contributed by atoms with E-state index in [1.165, 1.54) is 10.6 Å². The van der Waals surface area contributed by atoms with E-state index in [1.807, 2.05) is 44.2 Å². The molecular formula is C19H18BrN3O2. The van der Waals surface area contributed by atoms with E-state index in [-0.39, 0.29) is 17.9 Å². The first-order chi connectivity index (χ1) is 12.0. The molecule has 0 aliphatic carbocycles. The van der Waals surface area contributed by atoms with Crippen LogP contribution in [-0.2, 0) is 13.1 Å². The van der Waals surface area contributed by atoms with Crippen LogP contribution in [0.2, 0.25) is 0 Å². The zero-order chi connectivity index (χ0) is 18.0. The molecule has 3 rings (SSSR count). The zero-order valence-electron chi connectivity index (χ0n) is 14.1. The molecule has 0 radical (unpaired) electrons. The van der Waals surface area contributed by atoms with Crippen molar-refractivity contribution in [2.24, 2.45) is 0 Å². The highest BCUT2D eigenvalue weighted by Crippen LogP contribution is 2.14. The fraction of sp³-hybridized carbons (Fsp3) is 0.211. The molecule has 0 N–H and O–H groups in total. The molecule has 25 heavy (non-hydrogen) atoms. The average Bonchev–Trinajstić information content (AvgIpc) is 2.94. The molecule has 0 fully saturated rings. The van der Waals surface area contributed by atoms with E-state index in [4.69, 9.17) is 0 Å². The summed E-state index contributed by atoms with van der Waals surface area (Å²) in [5.74, 6) is -0.130. The monoisotopic (exact) mass is 399 g/mol. The van der Waals surface area contributed by atoms with Crippen molar-refractivity contribution < 1.29 is 4.79 Å². The van der Waals surface area contributed by atoms with Crippen molar-refractivity contribution >= 4 is 21.7 Å². The van der Waals surface area contributed by atoms with Gasteiger partial charge in [0.25, 0.3) is 5.56 Å². The highest BCUT2D eigenvalue weighted by molar-refractivity contribution is 9.10. The minimum Gasteiger partial charge on any atom is -0.307 e. The molecule has 0 aliphatic heterocycles. The van der Waals surface area contributed by atoms with Crippen molar-refractivity contribution in [1.29, 1.82) is 0 Å². The minimum atomic E-state index is -0.191. The number of halogens is 1. The van der Waals surface area contributed by atoms with E-state index in [2.05, 4.69) is 21.0 Å². The predicted molar refractivity (Wildman–Crippen MR) is 100.0 cm³/mol. The molecule has 0 saturated heterocycles. The fourth-order valence-corrected chi connectivity index (χ4v) is 3.00. The van der Waals surface area contributed by atoms with Crippen LogP contribution in [-0.4, -0.2) is 20.1 Å². The summed E-state index contributed by atoms with van der Waals surface area (Å²) in [6, 6.07) is 11.5. The van der Waals surface area contributed by atoms with E-state index >= 15 is 0 Å². The van der Waals surface area contributed by atoms with Crippen molar-refractivity contribution in [2.45, 2.75) is 26.9 Å². The molecule has 3 aromatic rings. The average molecular weight is 400 g/mol. The molecule has 0 bridgehead atoms. The molecule has 0 atom stereocenters. The maximum atomic E-state index is 12.6. The van der Waals surface area contributed by atoms with Crippen molar-refractivity contribution in [2.75, 3.05) is 0 Å². The topological polar surface area (TPSA) is 56.9 Å². The molecule has 0 amide bonds. The van der Waals surface area contributed by atoms with Crippen LogP contribution in [0.25, 0.3) is 0 Å². The number of Topliss-reactive ketones (excluding diaryl/α,β-unsaturated/α-hetero) is 1. The number of carbonyl (C=O) groups excluding carboxylic acids is 1. The third-order valence-electron chi connectivity index (χ3n) is 4.16. The lowest BCUT2D eigenvalue weighted by Crippen LogP contribution is -2.24. The van der Waals surface area contributed by atoms with Gasteiger partial charge in [0.15, 0.2) is 5.78 Å². The Kier molecular flexibility index (Phi) is 4.99. The van der Waals surface area contributed by atoms with Crippen LogP contribution in [0, 0.1) is 13.8 Å². The lowest BCUT2D eigenvalue weighted by molar-refractivity contribution is 0.0970. The molecule has 5 nitrogen and oxygen atoms in total. The van der Waals surface area contributed by atoms with E-state index in [1.54, 1.807) is 17.1 Å². The molecule has 2 heterocycles. The van der Waals surface area contributed by atoms with Gasteiger partial charge in [-0.2, -0.15) is 5.10 Å². The van der Waals surface area contributed by atoms with E-state index in [0.29, 0.717) is 12.1 Å². The second kappa shape index (κ2) is 7.19. The van der Waals surface area contributed by atoms with Crippen molar-refractivity contribution in [1.82, 2.24) is 14.3 Å². The number of hydrogen-bond donors (Lipinski definition) is 0. The standard InChI is InChI=1S/C19H18BrN3O2/c1-13-8-19(25)22(11-17(13)20)12-18(24)16-9-21-23(14(16)2)10-15-6-4-3-5-7-15/h3-9,11H,10,12H2,1-2H3. The molecule has 1 aromatic carbocycles. The fourth-order valence-electron chi connectivity index (χ4n) is 2.64. The Labute approximate surface area is 154 Å². The largest absolute Gasteiger partial charge is 0.307 e. The second-order valence-corrected chi connectivity index (χ2v) is 6.83. The highest BCUT2D eigenvalue weighted by atomic mass is 79.9. The van der Waals surface area contributed by atoms with Gasteiger partial charge < -0.3 is 4.57 Å². The minimum absolute atomic E-state index is 0.00438. The number of aryl methyl sites for hydroxylation is 1. The molecule has 0 aliphatic rings. The van der Waals surface area contributed by atoms with Crippen molar-refractivity contribution in [3.05, 3.63) is 86.0 Å². The predicted octanol–water partition coefficient (Wildman–Crippen LogP) is 3.36. The molecule has 6 heteroatoms. The SMILES string of the molecule is Cc1cc(=O)n(CC(=O)c2cnn(Cc3ccccc3)c2C)cc1Br. The van der Waals surface area contributed by atoms with Crippen molar-refractivity contribution in [3.8, 4) is 0 Å². The molecule has 0 unspecified atom stereocenters. The molecule has 2 aromatic heterocycles. The Bertz CT molecular complexity index is 974. The lowest BCUT2D eigenvalue weighted by atomic mass is 10.1. The number of pyridine rings is 1. The highest BCUT2D eigenvalue weighted by Gasteiger charge is 2.16. The van der Waals surface area contributed by atoms with Crippen LogP contribution in [0.1, 0.15) is 27.2 Å². The smallest absolute Gasteiger partial charge is 0.251 e. The first-order valence-corrected chi connectivity index (χ1v) is 8.71. The number of ketones is 1. The van der Waals surface area contributed by atoms with Gasteiger partial charge in [-0.3, -0.25) is 14.3 Å². The summed E-state index contributed by atoms with van der Waals surface area (Å²) in [6.45, 7) is 4.32. The second-order valence-electron chi connectivity index (χ2n) is 5.98. The summed E-state index contributed by atoms with van der Waals surface area (Å²) >= 11 is 3.39. The number of carbonyl (C=O) groups is 1. The van der Waals surface area contributed by atoms with Crippen LogP contribution in [0.5, 0.6) is 0 Å². The summed E-state index contributed by atoms with van der Waals surface area (Å²) in [5.41, 5.74) is 3.11. The maximum Gasteiger partial charge on any atom is 0.251 e. The number of benzene rings is 1. The van der Waals surface area contributed by atoms with E-state index in [0.717, 1.165) is 21.3 Å². The Hall–Kier alpha value is -2.47. The third-order valence-corrected chi connectivity index (χ3v) is 4.99. The van der Waals surface area contributed by atoms with Gasteiger partial charge in [0, 0.05) is 22.4 Å². The van der Waals surface area contributed by atoms with Gasteiger partial charge in [-0.25, -0.2) is 0 Å². The normalized spacial score (nSPS) is 10.8. The van der Waals surface area contributed by atoms with Crippen molar-refractivity contribution in [3.63, 3.8) is 0 Å². The molecule has 0 spiro atoms. The summed E-state index contributed by atoms with van der Waals surface area (Å²) < 4.78 is 4.01.